The van der Waals surface area contributed by atoms with E-state index < -0.39 is 12.0 Å². The van der Waals surface area contributed by atoms with Gasteiger partial charge in [0.2, 0.25) is 0 Å². The van der Waals surface area contributed by atoms with E-state index in [0.717, 1.165) is 11.1 Å². The first-order valence-corrected chi connectivity index (χ1v) is 7.17. The summed E-state index contributed by atoms with van der Waals surface area (Å²) in [5.41, 5.74) is 9.26. The van der Waals surface area contributed by atoms with E-state index in [9.17, 15) is 9.59 Å². The smallest absolute Gasteiger partial charge is 0.323 e. The molecule has 2 aromatic carbocycles. The van der Waals surface area contributed by atoms with Gasteiger partial charge in [0.1, 0.15) is 5.76 Å². The third-order valence-corrected chi connectivity index (χ3v) is 3.60. The molecular formula is C18H16N2O3. The summed E-state index contributed by atoms with van der Waals surface area (Å²) in [5.74, 6) is -0.0310. The highest BCUT2D eigenvalue weighted by molar-refractivity contribution is 6.06. The van der Waals surface area contributed by atoms with E-state index in [1.165, 1.54) is 11.8 Å². The van der Waals surface area contributed by atoms with Crippen molar-refractivity contribution in [3.63, 3.8) is 0 Å². The summed E-state index contributed by atoms with van der Waals surface area (Å²) in [7, 11) is 0. The van der Waals surface area contributed by atoms with E-state index in [1.54, 1.807) is 24.3 Å². The first-order chi connectivity index (χ1) is 11.0. The minimum atomic E-state index is -0.597. The Kier molecular flexibility index (Phi) is 3.62. The van der Waals surface area contributed by atoms with Gasteiger partial charge >= 0.3 is 12.0 Å². The number of rotatable bonds is 1. The van der Waals surface area contributed by atoms with Gasteiger partial charge in [-0.1, -0.05) is 23.8 Å². The van der Waals surface area contributed by atoms with Crippen LogP contribution in [0.15, 0.2) is 42.5 Å². The molecule has 0 aromatic heterocycles. The maximum Gasteiger partial charge on any atom is 0.323 e. The summed E-state index contributed by atoms with van der Waals surface area (Å²) in [6.45, 7) is 3.30. The van der Waals surface area contributed by atoms with E-state index in [2.05, 4.69) is 0 Å². The average molecular weight is 308 g/mol. The Balaban J connectivity index is 2.33. The van der Waals surface area contributed by atoms with Gasteiger partial charge in [0.05, 0.1) is 11.4 Å². The molecule has 0 aliphatic carbocycles. The lowest BCUT2D eigenvalue weighted by atomic mass is 10.1. The molecule has 0 radical (unpaired) electrons. The molecule has 1 aliphatic rings. The second-order valence-corrected chi connectivity index (χ2v) is 5.36. The number of anilines is 2. The summed E-state index contributed by atoms with van der Waals surface area (Å²) < 4.78 is 5.37. The number of fused-ring (bicyclic) bond motifs is 2. The van der Waals surface area contributed by atoms with Crippen molar-refractivity contribution < 1.29 is 14.3 Å². The number of aryl methyl sites for hydroxylation is 1. The number of ether oxygens (including phenoxy) is 1. The number of nitrogens with zero attached hydrogens (tertiary/aromatic N) is 1. The molecule has 1 heterocycles. The molecule has 0 unspecified atom stereocenters. The zero-order valence-corrected chi connectivity index (χ0v) is 12.9. The van der Waals surface area contributed by atoms with Crippen molar-refractivity contribution in [2.24, 2.45) is 5.73 Å². The second-order valence-electron chi connectivity index (χ2n) is 5.36. The minimum Gasteiger partial charge on any atom is -0.426 e. The number of para-hydroxylation sites is 1. The zero-order chi connectivity index (χ0) is 16.6. The Labute approximate surface area is 134 Å². The lowest BCUT2D eigenvalue weighted by Gasteiger charge is -2.23. The molecule has 1 aliphatic heterocycles. The van der Waals surface area contributed by atoms with E-state index in [1.807, 2.05) is 31.2 Å². The molecule has 5 nitrogen and oxygen atoms in total. The third kappa shape index (κ3) is 2.68. The largest absolute Gasteiger partial charge is 0.426 e. The van der Waals surface area contributed by atoms with Gasteiger partial charge in [-0.2, -0.15) is 0 Å². The average Bonchev–Trinajstić information content (AvgIpc) is 2.61. The summed E-state index contributed by atoms with van der Waals surface area (Å²) in [6, 6.07) is 12.2. The van der Waals surface area contributed by atoms with Gasteiger partial charge in [0.15, 0.2) is 0 Å². The Morgan fingerprint density at radius 1 is 1.09 bits per heavy atom. The molecule has 3 rings (SSSR count). The first kappa shape index (κ1) is 14.8. The molecular weight excluding hydrogens is 292 g/mol. The second kappa shape index (κ2) is 5.61. The summed E-state index contributed by atoms with van der Waals surface area (Å²) in [6.07, 6.45) is 1.76. The van der Waals surface area contributed by atoms with E-state index >= 15 is 0 Å². The molecule has 2 N–H and O–H groups in total. The van der Waals surface area contributed by atoms with Gasteiger partial charge in [-0.15, -0.1) is 0 Å². The van der Waals surface area contributed by atoms with E-state index in [-0.39, 0.29) is 0 Å². The van der Waals surface area contributed by atoms with Gasteiger partial charge < -0.3 is 10.5 Å². The summed E-state index contributed by atoms with van der Waals surface area (Å²) in [5, 5.41) is 0. The molecule has 2 amide bonds. The normalized spacial score (nSPS) is 12.6. The van der Waals surface area contributed by atoms with Crippen molar-refractivity contribution in [1.82, 2.24) is 0 Å². The zero-order valence-electron chi connectivity index (χ0n) is 12.9. The van der Waals surface area contributed by atoms with Gasteiger partial charge in [-0.05, 0) is 37.3 Å². The fraction of sp³-hybridized carbons (Fsp3) is 0.111. The predicted molar refractivity (Wildman–Crippen MR) is 89.0 cm³/mol. The Hall–Kier alpha value is -3.08. The van der Waals surface area contributed by atoms with Gasteiger partial charge in [-0.25, -0.2) is 4.79 Å². The number of urea groups is 1. The number of carbonyl (C=O) groups is 2. The van der Waals surface area contributed by atoms with Crippen LogP contribution >= 0.6 is 0 Å². The lowest BCUT2D eigenvalue weighted by Crippen LogP contribution is -2.32. The number of hydrogen-bond donors (Lipinski definition) is 1. The molecule has 5 heteroatoms. The van der Waals surface area contributed by atoms with Gasteiger partial charge in [0.25, 0.3) is 0 Å². The minimum absolute atomic E-state index is 0.392. The summed E-state index contributed by atoms with van der Waals surface area (Å²) in [4.78, 5) is 25.0. The van der Waals surface area contributed by atoms with Crippen LogP contribution in [0.3, 0.4) is 0 Å². The monoisotopic (exact) mass is 308 g/mol. The first-order valence-electron chi connectivity index (χ1n) is 7.17. The molecule has 0 spiro atoms. The fourth-order valence-electron chi connectivity index (χ4n) is 2.70. The van der Waals surface area contributed by atoms with Crippen molar-refractivity contribution in [3.8, 4) is 0 Å². The van der Waals surface area contributed by atoms with Crippen LogP contribution in [0, 0.1) is 6.92 Å². The number of hydrogen-bond acceptors (Lipinski definition) is 3. The Morgan fingerprint density at radius 2 is 1.83 bits per heavy atom. The fourth-order valence-corrected chi connectivity index (χ4v) is 2.70. The van der Waals surface area contributed by atoms with Crippen molar-refractivity contribution in [3.05, 3.63) is 59.2 Å². The van der Waals surface area contributed by atoms with Crippen molar-refractivity contribution in [2.45, 2.75) is 13.8 Å². The summed E-state index contributed by atoms with van der Waals surface area (Å²) >= 11 is 0. The van der Waals surface area contributed by atoms with Crippen LogP contribution in [0.25, 0.3) is 11.8 Å². The number of esters is 1. The molecule has 0 fully saturated rings. The number of primary amides is 1. The van der Waals surface area contributed by atoms with Crippen LogP contribution in [0.5, 0.6) is 0 Å². The molecule has 116 valence electrons. The third-order valence-electron chi connectivity index (χ3n) is 3.60. The van der Waals surface area contributed by atoms with Crippen molar-refractivity contribution >= 4 is 35.2 Å². The predicted octanol–water partition coefficient (Wildman–Crippen LogP) is 3.59. The van der Waals surface area contributed by atoms with E-state index in [4.69, 9.17) is 10.5 Å². The SMILES string of the molecule is CC(=O)OC1=Cc2cc(C)ccc2N(C(N)=O)c2ccccc21. The van der Waals surface area contributed by atoms with Crippen molar-refractivity contribution in [2.75, 3.05) is 4.90 Å². The molecule has 0 saturated heterocycles. The topological polar surface area (TPSA) is 72.6 Å². The molecule has 0 bridgehead atoms. The molecule has 2 aromatic rings. The molecule has 23 heavy (non-hydrogen) atoms. The maximum atomic E-state index is 12.1. The standard InChI is InChI=1S/C18H16N2O3/c1-11-7-8-15-13(9-11)10-17(23-12(2)21)14-5-3-4-6-16(14)20(15)18(19)22/h3-10H,1-2H3,(H2,19,22). The number of benzene rings is 2. The molecule has 0 saturated carbocycles. The van der Waals surface area contributed by atoms with Crippen LogP contribution in [0.1, 0.15) is 23.6 Å². The molecule has 0 atom stereocenters. The van der Waals surface area contributed by atoms with Crippen LogP contribution in [-0.4, -0.2) is 12.0 Å². The highest BCUT2D eigenvalue weighted by atomic mass is 16.5. The highest BCUT2D eigenvalue weighted by Gasteiger charge is 2.26. The van der Waals surface area contributed by atoms with Crippen molar-refractivity contribution in [1.29, 1.82) is 0 Å². The number of nitrogens with two attached hydrogens (primary N) is 1. The van der Waals surface area contributed by atoms with Gasteiger partial charge in [-0.3, -0.25) is 9.69 Å². The Bertz CT molecular complexity index is 840. The quantitative estimate of drug-likeness (QED) is 0.818. The Morgan fingerprint density at radius 3 is 2.52 bits per heavy atom. The van der Waals surface area contributed by atoms with Crippen LogP contribution in [0.2, 0.25) is 0 Å². The highest BCUT2D eigenvalue weighted by Crippen LogP contribution is 2.40. The van der Waals surface area contributed by atoms with E-state index in [0.29, 0.717) is 22.7 Å². The van der Waals surface area contributed by atoms with Crippen LogP contribution in [0.4, 0.5) is 16.2 Å². The lowest BCUT2D eigenvalue weighted by molar-refractivity contribution is -0.134. The number of amides is 2. The maximum absolute atomic E-state index is 12.1. The van der Waals surface area contributed by atoms with Crippen LogP contribution in [-0.2, 0) is 9.53 Å². The number of carbonyl (C=O) groups excluding carboxylic acids is 2. The van der Waals surface area contributed by atoms with Gasteiger partial charge in [0, 0.05) is 18.1 Å². The van der Waals surface area contributed by atoms with Crippen LogP contribution < -0.4 is 10.6 Å².